The maximum atomic E-state index is 13.0. The lowest BCUT2D eigenvalue weighted by Gasteiger charge is -2.28. The van der Waals surface area contributed by atoms with Gasteiger partial charge in [0.25, 0.3) is 11.9 Å². The number of guanidine groups is 1. The Bertz CT molecular complexity index is 669. The average molecular weight is 448 g/mol. The predicted octanol–water partition coefficient (Wildman–Crippen LogP) is -0.258. The Labute approximate surface area is 178 Å². The highest BCUT2D eigenvalue weighted by Crippen LogP contribution is 2.24. The molecule has 3 amide bonds. The Balaban J connectivity index is 2.67. The SMILES string of the molecule is CC(C)(C)OC(=O)N[C@@H](CCCCNC(=N)N[N+](=O)[O-])C(=O)N1CCSC1C(N)=O. The zero-order valence-corrected chi connectivity index (χ0v) is 18.0. The monoisotopic (exact) mass is 447 g/mol. The van der Waals surface area contributed by atoms with Crippen molar-refractivity contribution in [3.05, 3.63) is 10.1 Å². The number of amides is 3. The number of carbonyl (C=O) groups excluding carboxylic acids is 3. The molecule has 2 atom stereocenters. The van der Waals surface area contributed by atoms with Gasteiger partial charge in [-0.2, -0.15) is 0 Å². The summed E-state index contributed by atoms with van der Waals surface area (Å²) < 4.78 is 5.22. The van der Waals surface area contributed by atoms with Gasteiger partial charge in [0.15, 0.2) is 10.4 Å². The van der Waals surface area contributed by atoms with Crippen LogP contribution in [-0.2, 0) is 14.3 Å². The summed E-state index contributed by atoms with van der Waals surface area (Å²) in [6.07, 6.45) is 0.448. The first-order chi connectivity index (χ1) is 13.9. The molecule has 0 saturated carbocycles. The maximum absolute atomic E-state index is 13.0. The van der Waals surface area contributed by atoms with Crippen LogP contribution in [0, 0.1) is 15.5 Å². The van der Waals surface area contributed by atoms with Crippen LogP contribution >= 0.6 is 11.8 Å². The number of ether oxygens (including phenoxy) is 1. The quantitative estimate of drug-likeness (QED) is 0.104. The van der Waals surface area contributed by atoms with Gasteiger partial charge in [-0.1, -0.05) is 5.43 Å². The zero-order valence-electron chi connectivity index (χ0n) is 17.2. The molecule has 1 fully saturated rings. The summed E-state index contributed by atoms with van der Waals surface area (Å²) in [4.78, 5) is 48.3. The van der Waals surface area contributed by atoms with Gasteiger partial charge in [-0.05, 0) is 40.0 Å². The Morgan fingerprint density at radius 3 is 2.60 bits per heavy atom. The van der Waals surface area contributed by atoms with Crippen molar-refractivity contribution in [3.8, 4) is 0 Å². The summed E-state index contributed by atoms with van der Waals surface area (Å²) in [6.45, 7) is 5.70. The Morgan fingerprint density at radius 2 is 2.03 bits per heavy atom. The fraction of sp³-hybridized carbons (Fsp3) is 0.750. The zero-order chi connectivity index (χ0) is 22.9. The Hall–Kier alpha value is -2.77. The van der Waals surface area contributed by atoms with Crippen molar-refractivity contribution in [1.82, 2.24) is 21.0 Å². The van der Waals surface area contributed by atoms with Crippen LogP contribution in [0.1, 0.15) is 40.0 Å². The van der Waals surface area contributed by atoms with E-state index in [2.05, 4.69) is 10.6 Å². The summed E-state index contributed by atoms with van der Waals surface area (Å²) in [5.41, 5.74) is 6.30. The van der Waals surface area contributed by atoms with Crippen molar-refractivity contribution < 1.29 is 24.2 Å². The van der Waals surface area contributed by atoms with Gasteiger partial charge in [0, 0.05) is 18.8 Å². The maximum Gasteiger partial charge on any atom is 0.408 e. The van der Waals surface area contributed by atoms with Crippen LogP contribution in [0.5, 0.6) is 0 Å². The van der Waals surface area contributed by atoms with E-state index >= 15 is 0 Å². The van der Waals surface area contributed by atoms with Crippen LogP contribution in [0.25, 0.3) is 0 Å². The fourth-order valence-corrected chi connectivity index (χ4v) is 3.74. The summed E-state index contributed by atoms with van der Waals surface area (Å²) in [7, 11) is 0. The van der Waals surface area contributed by atoms with E-state index in [4.69, 9.17) is 15.9 Å². The van der Waals surface area contributed by atoms with E-state index < -0.39 is 45.9 Å². The third kappa shape index (κ3) is 9.15. The van der Waals surface area contributed by atoms with Gasteiger partial charge >= 0.3 is 6.09 Å². The lowest BCUT2D eigenvalue weighted by molar-refractivity contribution is -0.525. The number of hydrogen-bond acceptors (Lipinski definition) is 8. The molecule has 1 aliphatic rings. The van der Waals surface area contributed by atoms with Gasteiger partial charge < -0.3 is 26.0 Å². The number of nitrogens with one attached hydrogen (secondary N) is 4. The Kier molecular flexibility index (Phi) is 9.62. The normalized spacial score (nSPS) is 17.0. The molecular formula is C16H29N7O6S. The third-order valence-electron chi connectivity index (χ3n) is 3.83. The lowest BCUT2D eigenvalue weighted by Crippen LogP contribution is -2.53. The van der Waals surface area contributed by atoms with E-state index in [-0.39, 0.29) is 13.0 Å². The van der Waals surface area contributed by atoms with Crippen molar-refractivity contribution in [2.45, 2.75) is 57.1 Å². The van der Waals surface area contributed by atoms with Crippen LogP contribution in [0.2, 0.25) is 0 Å². The molecule has 6 N–H and O–H groups in total. The highest BCUT2D eigenvalue weighted by molar-refractivity contribution is 8.00. The van der Waals surface area contributed by atoms with Crippen LogP contribution in [0.3, 0.4) is 0 Å². The highest BCUT2D eigenvalue weighted by Gasteiger charge is 2.37. The molecule has 30 heavy (non-hydrogen) atoms. The second kappa shape index (κ2) is 11.4. The largest absolute Gasteiger partial charge is 0.444 e. The van der Waals surface area contributed by atoms with Crippen molar-refractivity contribution >= 4 is 35.6 Å². The van der Waals surface area contributed by atoms with Gasteiger partial charge in [-0.3, -0.25) is 15.0 Å². The standard InChI is InChI=1S/C16H29N7O6S/c1-16(2,3)29-15(26)20-10(6-4-5-7-19-14(18)21-23(27)28)12(25)22-8-9-30-13(22)11(17)24/h10,13H,4-9H2,1-3H3,(H2,17,24)(H,20,26)(H3,18,19,21)/t10-,13?/m0/s1. The number of hydrazine groups is 1. The fourth-order valence-electron chi connectivity index (χ4n) is 2.66. The molecule has 1 heterocycles. The second-order valence-corrected chi connectivity index (χ2v) is 8.71. The topological polar surface area (TPSA) is 193 Å². The van der Waals surface area contributed by atoms with Crippen LogP contribution < -0.4 is 21.8 Å². The highest BCUT2D eigenvalue weighted by atomic mass is 32.2. The molecule has 1 rings (SSSR count). The molecule has 170 valence electrons. The molecule has 0 radical (unpaired) electrons. The minimum absolute atomic E-state index is 0.252. The molecule has 0 spiro atoms. The van der Waals surface area contributed by atoms with Crippen molar-refractivity contribution in [2.24, 2.45) is 5.73 Å². The minimum atomic E-state index is -0.920. The molecule has 0 aliphatic carbocycles. The number of hydrogen-bond donors (Lipinski definition) is 5. The molecule has 0 aromatic rings. The van der Waals surface area contributed by atoms with Gasteiger partial charge in [-0.25, -0.2) is 14.9 Å². The van der Waals surface area contributed by atoms with Crippen LogP contribution in [0.4, 0.5) is 4.79 Å². The van der Waals surface area contributed by atoms with Crippen molar-refractivity contribution in [2.75, 3.05) is 18.8 Å². The molecule has 14 heteroatoms. The molecule has 0 aromatic carbocycles. The van der Waals surface area contributed by atoms with Crippen LogP contribution in [-0.4, -0.2) is 69.7 Å². The molecular weight excluding hydrogens is 418 g/mol. The first kappa shape index (κ1) is 25.3. The first-order valence-electron chi connectivity index (χ1n) is 9.35. The van der Waals surface area contributed by atoms with Crippen LogP contribution in [0.15, 0.2) is 0 Å². The number of nitrogens with two attached hydrogens (primary N) is 1. The summed E-state index contributed by atoms with van der Waals surface area (Å²) in [5.74, 6) is -0.931. The average Bonchev–Trinajstić information content (AvgIpc) is 3.07. The second-order valence-electron chi connectivity index (χ2n) is 7.52. The predicted molar refractivity (Wildman–Crippen MR) is 110 cm³/mol. The van der Waals surface area contributed by atoms with Gasteiger partial charge in [-0.15, -0.1) is 11.8 Å². The molecule has 0 bridgehead atoms. The number of alkyl carbamates (subject to hydrolysis) is 1. The number of primary amides is 1. The summed E-state index contributed by atoms with van der Waals surface area (Å²) in [6, 6.07) is -0.920. The summed E-state index contributed by atoms with van der Waals surface area (Å²) >= 11 is 1.26. The third-order valence-corrected chi connectivity index (χ3v) is 5.05. The van der Waals surface area contributed by atoms with E-state index in [1.165, 1.54) is 16.7 Å². The van der Waals surface area contributed by atoms with E-state index in [0.29, 0.717) is 25.1 Å². The van der Waals surface area contributed by atoms with E-state index in [1.54, 1.807) is 26.2 Å². The minimum Gasteiger partial charge on any atom is -0.444 e. The number of rotatable bonds is 9. The van der Waals surface area contributed by atoms with Crippen molar-refractivity contribution in [1.29, 1.82) is 5.41 Å². The summed E-state index contributed by atoms with van der Waals surface area (Å²) in [5, 5.41) is 21.0. The molecule has 1 unspecified atom stereocenters. The number of unbranched alkanes of at least 4 members (excludes halogenated alkanes) is 1. The van der Waals surface area contributed by atoms with Gasteiger partial charge in [0.2, 0.25) is 5.91 Å². The van der Waals surface area contributed by atoms with Gasteiger partial charge in [0.05, 0.1) is 0 Å². The molecule has 1 aliphatic heterocycles. The smallest absolute Gasteiger partial charge is 0.408 e. The molecule has 0 aromatic heterocycles. The van der Waals surface area contributed by atoms with E-state index in [9.17, 15) is 24.5 Å². The van der Waals surface area contributed by atoms with E-state index in [0.717, 1.165) is 0 Å². The number of thioether (sulfide) groups is 1. The number of nitrogens with zero attached hydrogens (tertiary/aromatic N) is 2. The molecule has 1 saturated heterocycles. The Morgan fingerprint density at radius 1 is 1.37 bits per heavy atom. The lowest BCUT2D eigenvalue weighted by atomic mass is 10.1. The number of carbonyl (C=O) groups is 3. The molecule has 13 nitrogen and oxygen atoms in total. The number of nitro groups is 1. The van der Waals surface area contributed by atoms with Crippen molar-refractivity contribution in [3.63, 3.8) is 0 Å². The van der Waals surface area contributed by atoms with E-state index in [1.807, 2.05) is 0 Å². The first-order valence-corrected chi connectivity index (χ1v) is 10.4. The van der Waals surface area contributed by atoms with Gasteiger partial charge in [0.1, 0.15) is 11.6 Å².